The van der Waals surface area contributed by atoms with E-state index in [-0.39, 0.29) is 24.3 Å². The van der Waals surface area contributed by atoms with E-state index in [4.69, 9.17) is 4.74 Å². The summed E-state index contributed by atoms with van der Waals surface area (Å²) < 4.78 is 5.73. The predicted molar refractivity (Wildman–Crippen MR) is 102 cm³/mol. The molecule has 1 aliphatic heterocycles. The van der Waals surface area contributed by atoms with E-state index < -0.39 is 6.04 Å². The van der Waals surface area contributed by atoms with Gasteiger partial charge < -0.3 is 25.6 Å². The molecule has 1 aromatic rings. The van der Waals surface area contributed by atoms with Gasteiger partial charge in [-0.05, 0) is 24.5 Å². The van der Waals surface area contributed by atoms with Gasteiger partial charge in [0.05, 0.1) is 13.0 Å². The number of carbonyl (C=O) groups is 3. The average molecular weight is 376 g/mol. The minimum Gasteiger partial charge on any atom is -0.493 e. The van der Waals surface area contributed by atoms with Gasteiger partial charge in [0.1, 0.15) is 11.8 Å². The molecule has 0 unspecified atom stereocenters. The van der Waals surface area contributed by atoms with Gasteiger partial charge in [-0.25, -0.2) is 4.79 Å². The maximum absolute atomic E-state index is 12.5. The van der Waals surface area contributed by atoms with Gasteiger partial charge in [-0.1, -0.05) is 25.1 Å². The van der Waals surface area contributed by atoms with Crippen LogP contribution in [0.2, 0.25) is 0 Å². The molecule has 1 saturated heterocycles. The van der Waals surface area contributed by atoms with Gasteiger partial charge in [-0.15, -0.1) is 0 Å². The Labute approximate surface area is 159 Å². The lowest BCUT2D eigenvalue weighted by atomic mass is 10.1. The number of rotatable bonds is 8. The SMILES string of the molecule is CCCOc1ccccc1CCNC(=O)N1CCNC(=O)[C@H]1CC(=O)NC. The van der Waals surface area contributed by atoms with Crippen LogP contribution in [0, 0.1) is 0 Å². The fourth-order valence-electron chi connectivity index (χ4n) is 2.91. The quantitative estimate of drug-likeness (QED) is 0.621. The smallest absolute Gasteiger partial charge is 0.318 e. The summed E-state index contributed by atoms with van der Waals surface area (Å²) >= 11 is 0. The average Bonchev–Trinajstić information content (AvgIpc) is 2.68. The molecule has 0 aromatic heterocycles. The molecule has 0 saturated carbocycles. The van der Waals surface area contributed by atoms with Crippen molar-refractivity contribution in [2.24, 2.45) is 0 Å². The van der Waals surface area contributed by atoms with E-state index in [0.29, 0.717) is 32.7 Å². The zero-order valence-corrected chi connectivity index (χ0v) is 15.9. The first-order chi connectivity index (χ1) is 13.1. The molecule has 27 heavy (non-hydrogen) atoms. The standard InChI is InChI=1S/C19H28N4O4/c1-3-12-27-16-7-5-4-6-14(16)8-9-22-19(26)23-11-10-21-18(25)15(23)13-17(24)20-2/h4-7,15H,3,8-13H2,1-2H3,(H,20,24)(H,21,25)(H,22,26)/t15-/m1/s1. The second-order valence-corrected chi connectivity index (χ2v) is 6.32. The molecule has 0 aliphatic carbocycles. The number of amides is 4. The number of hydrogen-bond acceptors (Lipinski definition) is 4. The highest BCUT2D eigenvalue weighted by Gasteiger charge is 2.34. The van der Waals surface area contributed by atoms with Gasteiger partial charge in [-0.3, -0.25) is 9.59 Å². The second kappa shape index (κ2) is 10.4. The van der Waals surface area contributed by atoms with Gasteiger partial charge in [0.25, 0.3) is 0 Å². The number of carbonyl (C=O) groups excluding carboxylic acids is 3. The number of urea groups is 1. The Bertz CT molecular complexity index is 665. The van der Waals surface area contributed by atoms with Crippen LogP contribution in [-0.4, -0.2) is 62.1 Å². The third-order valence-corrected chi connectivity index (χ3v) is 4.35. The van der Waals surface area contributed by atoms with E-state index in [1.807, 2.05) is 31.2 Å². The molecule has 4 amide bonds. The molecule has 0 radical (unpaired) electrons. The number of piperazine rings is 1. The maximum atomic E-state index is 12.5. The molecule has 0 spiro atoms. The van der Waals surface area contributed by atoms with E-state index in [1.54, 1.807) is 0 Å². The lowest BCUT2D eigenvalue weighted by Crippen LogP contribution is -2.60. The third-order valence-electron chi connectivity index (χ3n) is 4.35. The zero-order chi connectivity index (χ0) is 19.6. The largest absolute Gasteiger partial charge is 0.493 e. The van der Waals surface area contributed by atoms with Gasteiger partial charge in [0.15, 0.2) is 0 Å². The van der Waals surface area contributed by atoms with Crippen molar-refractivity contribution < 1.29 is 19.1 Å². The number of hydrogen-bond donors (Lipinski definition) is 3. The third kappa shape index (κ3) is 5.87. The van der Waals surface area contributed by atoms with Crippen LogP contribution >= 0.6 is 0 Å². The Kier molecular flexibility index (Phi) is 7.91. The van der Waals surface area contributed by atoms with Gasteiger partial charge in [0, 0.05) is 26.7 Å². The Balaban J connectivity index is 1.92. The van der Waals surface area contributed by atoms with Crippen molar-refractivity contribution in [3.8, 4) is 5.75 Å². The number of nitrogens with one attached hydrogen (secondary N) is 3. The van der Waals surface area contributed by atoms with Gasteiger partial charge in [0.2, 0.25) is 11.8 Å². The number of ether oxygens (including phenoxy) is 1. The Morgan fingerprint density at radius 2 is 2.11 bits per heavy atom. The maximum Gasteiger partial charge on any atom is 0.318 e. The number of para-hydroxylation sites is 1. The highest BCUT2D eigenvalue weighted by Crippen LogP contribution is 2.18. The fourth-order valence-corrected chi connectivity index (χ4v) is 2.91. The summed E-state index contributed by atoms with van der Waals surface area (Å²) in [6, 6.07) is 6.61. The van der Waals surface area contributed by atoms with Crippen LogP contribution in [0.3, 0.4) is 0 Å². The van der Waals surface area contributed by atoms with Crippen LogP contribution in [0.1, 0.15) is 25.3 Å². The van der Waals surface area contributed by atoms with Crippen molar-refractivity contribution in [2.45, 2.75) is 32.2 Å². The molecule has 0 bridgehead atoms. The highest BCUT2D eigenvalue weighted by atomic mass is 16.5. The molecule has 8 nitrogen and oxygen atoms in total. The van der Waals surface area contributed by atoms with Crippen LogP contribution < -0.4 is 20.7 Å². The summed E-state index contributed by atoms with van der Waals surface area (Å²) in [5, 5.41) is 8.03. The van der Waals surface area contributed by atoms with Crippen LogP contribution in [0.4, 0.5) is 4.79 Å². The first-order valence-corrected chi connectivity index (χ1v) is 9.30. The van der Waals surface area contributed by atoms with E-state index in [0.717, 1.165) is 17.7 Å². The minimum absolute atomic E-state index is 0.0521. The Hall–Kier alpha value is -2.77. The fraction of sp³-hybridized carbons (Fsp3) is 0.526. The molecule has 1 aromatic carbocycles. The summed E-state index contributed by atoms with van der Waals surface area (Å²) in [6.45, 7) is 3.86. The van der Waals surface area contributed by atoms with E-state index in [9.17, 15) is 14.4 Å². The molecule has 3 N–H and O–H groups in total. The predicted octanol–water partition coefficient (Wildman–Crippen LogP) is 0.664. The Morgan fingerprint density at radius 1 is 1.33 bits per heavy atom. The molecule has 1 fully saturated rings. The summed E-state index contributed by atoms with van der Waals surface area (Å²) in [7, 11) is 1.51. The van der Waals surface area contributed by atoms with E-state index >= 15 is 0 Å². The molecule has 2 rings (SSSR count). The molecule has 1 aliphatic rings. The lowest BCUT2D eigenvalue weighted by Gasteiger charge is -2.34. The monoisotopic (exact) mass is 376 g/mol. The van der Waals surface area contributed by atoms with Crippen LogP contribution in [0.15, 0.2) is 24.3 Å². The number of benzene rings is 1. The summed E-state index contributed by atoms with van der Waals surface area (Å²) in [6.07, 6.45) is 1.49. The second-order valence-electron chi connectivity index (χ2n) is 6.32. The van der Waals surface area contributed by atoms with E-state index in [2.05, 4.69) is 16.0 Å². The van der Waals surface area contributed by atoms with Crippen molar-refractivity contribution in [3.63, 3.8) is 0 Å². The van der Waals surface area contributed by atoms with Gasteiger partial charge >= 0.3 is 6.03 Å². The lowest BCUT2D eigenvalue weighted by molar-refractivity contribution is -0.132. The first kappa shape index (κ1) is 20.5. The molecule has 1 atom stereocenters. The normalized spacial score (nSPS) is 16.4. The first-order valence-electron chi connectivity index (χ1n) is 9.30. The molecular weight excluding hydrogens is 348 g/mol. The highest BCUT2D eigenvalue weighted by molar-refractivity contribution is 5.92. The molecule has 148 valence electrons. The summed E-state index contributed by atoms with van der Waals surface area (Å²) in [5.41, 5.74) is 1.02. The van der Waals surface area contributed by atoms with Crippen molar-refractivity contribution in [3.05, 3.63) is 29.8 Å². The Morgan fingerprint density at radius 3 is 2.85 bits per heavy atom. The minimum atomic E-state index is -0.793. The van der Waals surface area contributed by atoms with Crippen molar-refractivity contribution in [1.29, 1.82) is 0 Å². The topological polar surface area (TPSA) is 99.8 Å². The summed E-state index contributed by atoms with van der Waals surface area (Å²) in [4.78, 5) is 37.7. The zero-order valence-electron chi connectivity index (χ0n) is 15.9. The molecule has 1 heterocycles. The van der Waals surface area contributed by atoms with Crippen LogP contribution in [0.5, 0.6) is 5.75 Å². The number of nitrogens with zero attached hydrogens (tertiary/aromatic N) is 1. The van der Waals surface area contributed by atoms with Crippen molar-refractivity contribution >= 4 is 17.8 Å². The molecular formula is C19H28N4O4. The summed E-state index contributed by atoms with van der Waals surface area (Å²) in [5.74, 6) is 0.235. The van der Waals surface area contributed by atoms with Crippen LogP contribution in [-0.2, 0) is 16.0 Å². The van der Waals surface area contributed by atoms with E-state index in [1.165, 1.54) is 11.9 Å². The van der Waals surface area contributed by atoms with Crippen molar-refractivity contribution in [2.75, 3.05) is 33.3 Å². The van der Waals surface area contributed by atoms with Gasteiger partial charge in [-0.2, -0.15) is 0 Å². The molecule has 8 heteroatoms. The van der Waals surface area contributed by atoms with Crippen molar-refractivity contribution in [1.82, 2.24) is 20.9 Å². The van der Waals surface area contributed by atoms with Crippen LogP contribution in [0.25, 0.3) is 0 Å².